The molecular formula is C23H19F3N2O4S. The first kappa shape index (κ1) is 22.9. The van der Waals surface area contributed by atoms with Crippen LogP contribution in [0.15, 0.2) is 35.2 Å². The molecule has 2 aromatic carbocycles. The molecule has 10 heteroatoms. The van der Waals surface area contributed by atoms with E-state index in [1.54, 1.807) is 13.0 Å². The third kappa shape index (κ3) is 4.75. The first-order valence-corrected chi connectivity index (χ1v) is 10.7. The Hall–Kier alpha value is -3.27. The van der Waals surface area contributed by atoms with Crippen LogP contribution in [-0.4, -0.2) is 23.4 Å². The Morgan fingerprint density at radius 1 is 1.06 bits per heavy atom. The predicted octanol–water partition coefficient (Wildman–Crippen LogP) is 5.50. The number of anilines is 1. The minimum atomic E-state index is -4.92. The number of carbonyl (C=O) groups excluding carboxylic acids is 3. The van der Waals surface area contributed by atoms with Crippen LogP contribution in [0, 0.1) is 6.92 Å². The minimum absolute atomic E-state index is 0.131. The molecule has 0 saturated carbocycles. The van der Waals surface area contributed by atoms with Gasteiger partial charge in [-0.2, -0.15) is 0 Å². The molecule has 2 aliphatic heterocycles. The van der Waals surface area contributed by atoms with Gasteiger partial charge in [0.15, 0.2) is 0 Å². The van der Waals surface area contributed by atoms with Gasteiger partial charge in [-0.15, -0.1) is 13.2 Å². The fourth-order valence-corrected chi connectivity index (χ4v) is 4.67. The van der Waals surface area contributed by atoms with Gasteiger partial charge in [-0.05, 0) is 65.2 Å². The fourth-order valence-electron chi connectivity index (χ4n) is 3.99. The molecule has 6 nitrogen and oxygen atoms in total. The Kier molecular flexibility index (Phi) is 5.52. The molecule has 0 radical (unpaired) electrons. The average molecular weight is 476 g/mol. The zero-order chi connectivity index (χ0) is 24.1. The number of halogens is 3. The topological polar surface area (TPSA) is 84.5 Å². The first-order chi connectivity index (χ1) is 15.3. The summed E-state index contributed by atoms with van der Waals surface area (Å²) in [6.07, 6.45) is -3.20. The average Bonchev–Trinajstić information content (AvgIpc) is 2.98. The van der Waals surface area contributed by atoms with E-state index >= 15 is 0 Å². The highest BCUT2D eigenvalue weighted by atomic mass is 32.2. The number of benzene rings is 2. The number of ether oxygens (including phenoxy) is 1. The van der Waals surface area contributed by atoms with Gasteiger partial charge >= 0.3 is 6.36 Å². The number of hydrogen-bond donors (Lipinski definition) is 2. The summed E-state index contributed by atoms with van der Waals surface area (Å²) in [5, 5.41) is 4.41. The number of amides is 3. The van der Waals surface area contributed by atoms with E-state index in [2.05, 4.69) is 15.4 Å². The highest BCUT2D eigenvalue weighted by Crippen LogP contribution is 2.43. The molecule has 0 unspecified atom stereocenters. The maximum absolute atomic E-state index is 13.1. The van der Waals surface area contributed by atoms with Crippen molar-refractivity contribution in [3.63, 3.8) is 0 Å². The molecule has 0 bridgehead atoms. The molecule has 172 valence electrons. The van der Waals surface area contributed by atoms with Crippen molar-refractivity contribution >= 4 is 40.6 Å². The molecule has 1 fully saturated rings. The van der Waals surface area contributed by atoms with E-state index in [1.807, 2.05) is 19.9 Å². The lowest BCUT2D eigenvalue weighted by atomic mass is 9.76. The number of alkyl halides is 3. The van der Waals surface area contributed by atoms with Gasteiger partial charge in [-0.1, -0.05) is 26.0 Å². The van der Waals surface area contributed by atoms with Crippen LogP contribution in [0.4, 0.5) is 23.7 Å². The van der Waals surface area contributed by atoms with Gasteiger partial charge in [-0.3, -0.25) is 19.7 Å². The minimum Gasteiger partial charge on any atom is -0.405 e. The van der Waals surface area contributed by atoms with Crippen LogP contribution >= 0.6 is 11.8 Å². The van der Waals surface area contributed by atoms with E-state index in [1.165, 1.54) is 18.2 Å². The summed E-state index contributed by atoms with van der Waals surface area (Å²) in [4.78, 5) is 35.6. The van der Waals surface area contributed by atoms with Crippen molar-refractivity contribution in [2.45, 2.75) is 39.0 Å². The summed E-state index contributed by atoms with van der Waals surface area (Å²) in [6.45, 7) is 5.63. The number of aryl methyl sites for hydroxylation is 1. The quantitative estimate of drug-likeness (QED) is 0.571. The van der Waals surface area contributed by atoms with E-state index in [0.717, 1.165) is 11.6 Å². The summed E-state index contributed by atoms with van der Waals surface area (Å²) in [6, 6.07) is 7.48. The van der Waals surface area contributed by atoms with Gasteiger partial charge in [0, 0.05) is 23.1 Å². The Labute approximate surface area is 191 Å². The van der Waals surface area contributed by atoms with Crippen molar-refractivity contribution in [3.8, 4) is 16.9 Å². The zero-order valence-corrected chi connectivity index (χ0v) is 18.7. The van der Waals surface area contributed by atoms with Crippen LogP contribution in [0.5, 0.6) is 5.75 Å². The fraction of sp³-hybridized carbons (Fsp3) is 0.261. The summed E-state index contributed by atoms with van der Waals surface area (Å²) in [5.41, 5.74) is 2.65. The summed E-state index contributed by atoms with van der Waals surface area (Å²) in [5.74, 6) is -1.17. The lowest BCUT2D eigenvalue weighted by Crippen LogP contribution is -2.32. The lowest BCUT2D eigenvalue weighted by molar-refractivity contribution is -0.274. The van der Waals surface area contributed by atoms with E-state index in [9.17, 15) is 27.6 Å². The van der Waals surface area contributed by atoms with Gasteiger partial charge in [0.1, 0.15) is 5.75 Å². The predicted molar refractivity (Wildman–Crippen MR) is 119 cm³/mol. The molecule has 2 aliphatic rings. The van der Waals surface area contributed by atoms with Crippen molar-refractivity contribution in [1.82, 2.24) is 5.32 Å². The maximum atomic E-state index is 13.1. The van der Waals surface area contributed by atoms with E-state index < -0.39 is 28.7 Å². The number of carbonyl (C=O) groups is 3. The number of imide groups is 1. The van der Waals surface area contributed by atoms with Crippen molar-refractivity contribution in [3.05, 3.63) is 51.9 Å². The smallest absolute Gasteiger partial charge is 0.405 e. The third-order valence-corrected chi connectivity index (χ3v) is 6.24. The van der Waals surface area contributed by atoms with E-state index in [-0.39, 0.29) is 16.4 Å². The molecule has 0 atom stereocenters. The van der Waals surface area contributed by atoms with Gasteiger partial charge in [0.05, 0.1) is 4.91 Å². The van der Waals surface area contributed by atoms with Crippen LogP contribution < -0.4 is 15.4 Å². The van der Waals surface area contributed by atoms with E-state index in [4.69, 9.17) is 0 Å². The Morgan fingerprint density at radius 2 is 1.79 bits per heavy atom. The summed E-state index contributed by atoms with van der Waals surface area (Å²) >= 11 is 0.709. The number of nitrogens with one attached hydrogen (secondary N) is 2. The molecule has 0 spiro atoms. The van der Waals surface area contributed by atoms with Gasteiger partial charge in [-0.25, -0.2) is 0 Å². The molecule has 2 heterocycles. The molecule has 33 heavy (non-hydrogen) atoms. The van der Waals surface area contributed by atoms with E-state index in [0.29, 0.717) is 40.6 Å². The molecular weight excluding hydrogens is 457 g/mol. The number of hydrogen-bond acceptors (Lipinski definition) is 5. The van der Waals surface area contributed by atoms with Crippen molar-refractivity contribution in [2.75, 3.05) is 5.32 Å². The highest BCUT2D eigenvalue weighted by Gasteiger charge is 2.35. The highest BCUT2D eigenvalue weighted by molar-refractivity contribution is 8.18. The molecule has 2 aromatic rings. The van der Waals surface area contributed by atoms with Crippen LogP contribution in [-0.2, 0) is 15.0 Å². The number of rotatable bonds is 3. The zero-order valence-electron chi connectivity index (χ0n) is 17.8. The number of fused-ring (bicyclic) bond motifs is 1. The molecule has 0 aromatic heterocycles. The van der Waals surface area contributed by atoms with Crippen LogP contribution in [0.25, 0.3) is 17.2 Å². The normalized spacial score (nSPS) is 18.7. The standard InChI is InChI=1S/C23H19F3N2O4S/c1-11-6-15-16(27-19(29)10-22(15,2)3)9-13(11)14-7-12(4-5-17(14)32-23(24,25)26)8-18-20(30)28-21(31)33-18/h4-9H,10H2,1-3H3,(H,27,29)(H,28,30,31). The number of thioether (sulfide) groups is 1. The largest absolute Gasteiger partial charge is 0.573 e. The van der Waals surface area contributed by atoms with Crippen molar-refractivity contribution in [1.29, 1.82) is 0 Å². The summed E-state index contributed by atoms with van der Waals surface area (Å²) < 4.78 is 43.6. The second-order valence-corrected chi connectivity index (χ2v) is 9.49. The van der Waals surface area contributed by atoms with Crippen LogP contribution in [0.3, 0.4) is 0 Å². The molecule has 4 rings (SSSR count). The first-order valence-electron chi connectivity index (χ1n) is 9.92. The summed E-state index contributed by atoms with van der Waals surface area (Å²) in [7, 11) is 0. The third-order valence-electron chi connectivity index (χ3n) is 5.43. The Morgan fingerprint density at radius 3 is 2.42 bits per heavy atom. The van der Waals surface area contributed by atoms with Gasteiger partial charge < -0.3 is 10.1 Å². The molecule has 0 aliphatic carbocycles. The Bertz CT molecular complexity index is 1230. The SMILES string of the molecule is Cc1cc2c(cc1-c1cc(C=C3SC(=O)NC3=O)ccc1OC(F)(F)F)NC(=O)CC2(C)C. The van der Waals surface area contributed by atoms with Crippen molar-refractivity contribution < 1.29 is 32.3 Å². The monoisotopic (exact) mass is 476 g/mol. The molecule has 3 amide bonds. The lowest BCUT2D eigenvalue weighted by Gasteiger charge is -2.33. The van der Waals surface area contributed by atoms with Gasteiger partial charge in [0.2, 0.25) is 5.91 Å². The molecule has 2 N–H and O–H groups in total. The Balaban J connectivity index is 1.87. The molecule has 1 saturated heterocycles. The second kappa shape index (κ2) is 7.95. The maximum Gasteiger partial charge on any atom is 0.573 e. The van der Waals surface area contributed by atoms with Crippen molar-refractivity contribution in [2.24, 2.45) is 0 Å². The van der Waals surface area contributed by atoms with Crippen LogP contribution in [0.2, 0.25) is 0 Å². The van der Waals surface area contributed by atoms with Crippen LogP contribution in [0.1, 0.15) is 37.0 Å². The van der Waals surface area contributed by atoms with Gasteiger partial charge in [0.25, 0.3) is 11.1 Å². The second-order valence-electron chi connectivity index (χ2n) is 8.48.